The van der Waals surface area contributed by atoms with Crippen molar-refractivity contribution in [2.45, 2.75) is 12.4 Å². The Labute approximate surface area is 229 Å². The van der Waals surface area contributed by atoms with E-state index in [1.807, 2.05) is 0 Å². The lowest BCUT2D eigenvalue weighted by molar-refractivity contribution is -0.143. The van der Waals surface area contributed by atoms with Gasteiger partial charge in [-0.25, -0.2) is 18.7 Å². The third-order valence-corrected chi connectivity index (χ3v) is 5.61. The van der Waals surface area contributed by atoms with E-state index in [2.05, 4.69) is 9.97 Å². The Morgan fingerprint density at radius 3 is 1.83 bits per heavy atom. The first-order valence-electron chi connectivity index (χ1n) is 11.3. The minimum absolute atomic E-state index is 0.126. The minimum atomic E-state index is -5.25. The minimum Gasteiger partial charge on any atom is -0.493 e. The Kier molecular flexibility index (Phi) is 7.91. The molecule has 1 amide bonds. The van der Waals surface area contributed by atoms with Gasteiger partial charge in [-0.05, 0) is 24.3 Å². The van der Waals surface area contributed by atoms with Crippen molar-refractivity contribution < 1.29 is 58.9 Å². The first-order chi connectivity index (χ1) is 19.6. The molecule has 0 bridgehead atoms. The number of alkyl halides is 6. The third-order valence-electron chi connectivity index (χ3n) is 5.61. The molecule has 42 heavy (non-hydrogen) atoms. The zero-order valence-corrected chi connectivity index (χ0v) is 21.1. The fourth-order valence-corrected chi connectivity index (χ4v) is 3.71. The van der Waals surface area contributed by atoms with Crippen LogP contribution in [0.4, 0.5) is 40.8 Å². The SMILES string of the molecule is COc1cc2ncnc(Oc3cc(F)c(C(=O)C(=O)Nc4cc(C(F)(F)F)cc(C(F)(F)F)c4)c(F)c3)c2cc1OC. The number of aromatic nitrogens is 2. The molecule has 1 N–H and O–H groups in total. The van der Waals surface area contributed by atoms with E-state index in [1.54, 1.807) is 0 Å². The molecule has 0 aliphatic carbocycles. The third kappa shape index (κ3) is 6.16. The summed E-state index contributed by atoms with van der Waals surface area (Å²) in [6, 6.07) is 3.99. The second-order valence-electron chi connectivity index (χ2n) is 8.34. The van der Waals surface area contributed by atoms with Crippen LogP contribution in [0.25, 0.3) is 10.9 Å². The van der Waals surface area contributed by atoms with Gasteiger partial charge in [0.2, 0.25) is 5.88 Å². The summed E-state index contributed by atoms with van der Waals surface area (Å²) in [6.45, 7) is 0. The fourth-order valence-electron chi connectivity index (χ4n) is 3.71. The Hall–Kier alpha value is -5.02. The molecule has 0 fully saturated rings. The van der Waals surface area contributed by atoms with Crippen molar-refractivity contribution in [3.05, 3.63) is 77.1 Å². The van der Waals surface area contributed by atoms with E-state index in [4.69, 9.17) is 14.2 Å². The molecule has 4 aromatic rings. The Bertz CT molecular complexity index is 1650. The highest BCUT2D eigenvalue weighted by molar-refractivity contribution is 6.46. The summed E-state index contributed by atoms with van der Waals surface area (Å²) in [4.78, 5) is 32.8. The van der Waals surface area contributed by atoms with Crippen LogP contribution >= 0.6 is 0 Å². The van der Waals surface area contributed by atoms with E-state index in [0.717, 1.165) is 6.33 Å². The van der Waals surface area contributed by atoms with Crippen LogP contribution < -0.4 is 19.5 Å². The first kappa shape index (κ1) is 30.0. The Balaban J connectivity index is 1.63. The van der Waals surface area contributed by atoms with Crippen LogP contribution in [0.2, 0.25) is 0 Å². The van der Waals surface area contributed by atoms with Gasteiger partial charge in [0.05, 0.1) is 41.8 Å². The number of rotatable bonds is 7. The molecule has 0 radical (unpaired) electrons. The fraction of sp³-hybridized carbons (Fsp3) is 0.154. The normalized spacial score (nSPS) is 11.8. The van der Waals surface area contributed by atoms with E-state index >= 15 is 0 Å². The highest BCUT2D eigenvalue weighted by atomic mass is 19.4. The van der Waals surface area contributed by atoms with E-state index < -0.39 is 63.8 Å². The van der Waals surface area contributed by atoms with Crippen LogP contribution in [0.3, 0.4) is 0 Å². The number of hydrogen-bond donors (Lipinski definition) is 1. The molecule has 220 valence electrons. The summed E-state index contributed by atoms with van der Waals surface area (Å²) in [7, 11) is 2.74. The molecule has 0 unspecified atom stereocenters. The molecule has 0 saturated heterocycles. The quantitative estimate of drug-likeness (QED) is 0.145. The van der Waals surface area contributed by atoms with Gasteiger partial charge in [0.25, 0.3) is 11.7 Å². The average molecular weight is 601 g/mol. The van der Waals surface area contributed by atoms with Crippen molar-refractivity contribution in [3.63, 3.8) is 0 Å². The number of benzene rings is 3. The summed E-state index contributed by atoms with van der Waals surface area (Å²) in [6.07, 6.45) is -9.41. The van der Waals surface area contributed by atoms with Crippen molar-refractivity contribution in [1.82, 2.24) is 9.97 Å². The molecular formula is C26H15F8N3O5. The Morgan fingerprint density at radius 1 is 0.762 bits per heavy atom. The number of nitrogens with zero attached hydrogens (tertiary/aromatic N) is 2. The maximum Gasteiger partial charge on any atom is 0.416 e. The molecule has 0 aliphatic heterocycles. The number of Topliss-reactive ketones (excluding diaryl/α,β-unsaturated/α-hetero) is 1. The summed E-state index contributed by atoms with van der Waals surface area (Å²) < 4.78 is 124. The van der Waals surface area contributed by atoms with Gasteiger partial charge in [0, 0.05) is 23.9 Å². The molecule has 8 nitrogen and oxygen atoms in total. The van der Waals surface area contributed by atoms with Crippen LogP contribution in [0.5, 0.6) is 23.1 Å². The number of anilines is 1. The largest absolute Gasteiger partial charge is 0.493 e. The molecule has 4 rings (SSSR count). The molecule has 0 saturated carbocycles. The zero-order valence-electron chi connectivity index (χ0n) is 21.1. The molecule has 1 aromatic heterocycles. The summed E-state index contributed by atoms with van der Waals surface area (Å²) in [5.41, 5.74) is -5.80. The number of fused-ring (bicyclic) bond motifs is 1. The number of amides is 1. The summed E-state index contributed by atoms with van der Waals surface area (Å²) in [5, 5.41) is 1.75. The number of halogens is 8. The van der Waals surface area contributed by atoms with Gasteiger partial charge < -0.3 is 19.5 Å². The number of hydrogen-bond acceptors (Lipinski definition) is 7. The lowest BCUT2D eigenvalue weighted by atomic mass is 10.1. The molecule has 16 heteroatoms. The van der Waals surface area contributed by atoms with Crippen LogP contribution in [0, 0.1) is 11.6 Å². The number of carbonyl (C=O) groups is 2. The molecule has 0 aliphatic rings. The smallest absolute Gasteiger partial charge is 0.416 e. The van der Waals surface area contributed by atoms with Gasteiger partial charge in [-0.3, -0.25) is 9.59 Å². The van der Waals surface area contributed by atoms with Crippen molar-refractivity contribution in [3.8, 4) is 23.1 Å². The average Bonchev–Trinajstić information content (AvgIpc) is 2.90. The maximum absolute atomic E-state index is 14.8. The molecular weight excluding hydrogens is 586 g/mol. The van der Waals surface area contributed by atoms with Crippen LogP contribution in [0.15, 0.2) is 48.8 Å². The number of ketones is 1. The van der Waals surface area contributed by atoms with Crippen LogP contribution in [0.1, 0.15) is 21.5 Å². The van der Waals surface area contributed by atoms with Gasteiger partial charge in [-0.15, -0.1) is 0 Å². The van der Waals surface area contributed by atoms with Gasteiger partial charge in [-0.2, -0.15) is 26.3 Å². The van der Waals surface area contributed by atoms with Crippen molar-refractivity contribution in [2.75, 3.05) is 19.5 Å². The lowest BCUT2D eigenvalue weighted by Gasteiger charge is -2.15. The van der Waals surface area contributed by atoms with Crippen molar-refractivity contribution in [2.24, 2.45) is 0 Å². The predicted molar refractivity (Wildman–Crippen MR) is 128 cm³/mol. The first-order valence-corrected chi connectivity index (χ1v) is 11.3. The van der Waals surface area contributed by atoms with E-state index in [1.165, 1.54) is 31.7 Å². The van der Waals surface area contributed by atoms with Gasteiger partial charge in [0.15, 0.2) is 11.5 Å². The van der Waals surface area contributed by atoms with E-state index in [9.17, 15) is 44.7 Å². The molecule has 0 atom stereocenters. The number of ether oxygens (including phenoxy) is 3. The van der Waals surface area contributed by atoms with Gasteiger partial charge in [0.1, 0.15) is 23.7 Å². The number of carbonyl (C=O) groups excluding carboxylic acids is 2. The number of nitrogens with one attached hydrogen (secondary N) is 1. The second kappa shape index (κ2) is 11.1. The standard InChI is InChI=1S/C26H15F8N3O5/c1-40-19-8-15-18(9-20(19)41-2)35-10-36-24(15)42-14-6-16(27)21(17(28)7-14)22(38)23(39)37-13-4-11(25(29,30)31)3-12(5-13)26(32,33)34/h3-10H,1-2H3,(H,37,39). The monoisotopic (exact) mass is 601 g/mol. The molecule has 0 spiro atoms. The highest BCUT2D eigenvalue weighted by Gasteiger charge is 2.37. The van der Waals surface area contributed by atoms with Crippen molar-refractivity contribution >= 4 is 28.3 Å². The van der Waals surface area contributed by atoms with E-state index in [-0.39, 0.29) is 35.2 Å². The van der Waals surface area contributed by atoms with Crippen LogP contribution in [-0.4, -0.2) is 35.9 Å². The molecule has 3 aromatic carbocycles. The lowest BCUT2D eigenvalue weighted by Crippen LogP contribution is -2.25. The number of methoxy groups -OCH3 is 2. The summed E-state index contributed by atoms with van der Waals surface area (Å²) in [5.74, 6) is -7.23. The second-order valence-corrected chi connectivity index (χ2v) is 8.34. The van der Waals surface area contributed by atoms with Crippen LogP contribution in [-0.2, 0) is 17.1 Å². The topological polar surface area (TPSA) is 99.6 Å². The maximum atomic E-state index is 14.8. The zero-order chi connectivity index (χ0) is 31.0. The van der Waals surface area contributed by atoms with Gasteiger partial charge in [-0.1, -0.05) is 0 Å². The Morgan fingerprint density at radius 2 is 1.31 bits per heavy atom. The van der Waals surface area contributed by atoms with Crippen molar-refractivity contribution in [1.29, 1.82) is 0 Å². The molecule has 1 heterocycles. The van der Waals surface area contributed by atoms with E-state index in [0.29, 0.717) is 23.4 Å². The highest BCUT2D eigenvalue weighted by Crippen LogP contribution is 2.38. The predicted octanol–water partition coefficient (Wildman–Crippen LogP) is 6.58. The summed E-state index contributed by atoms with van der Waals surface area (Å²) >= 11 is 0. The van der Waals surface area contributed by atoms with Gasteiger partial charge >= 0.3 is 12.4 Å².